The molecule has 0 atom stereocenters. The van der Waals surface area contributed by atoms with E-state index < -0.39 is 0 Å². The number of H-pyrrole nitrogens is 1. The van der Waals surface area contributed by atoms with Gasteiger partial charge in [-0.2, -0.15) is 0 Å². The molecule has 22 heavy (non-hydrogen) atoms. The van der Waals surface area contributed by atoms with E-state index in [0.717, 1.165) is 0 Å². The number of aromatic nitrogens is 1. The van der Waals surface area contributed by atoms with Gasteiger partial charge < -0.3 is 10.3 Å². The molecule has 4 nitrogen and oxygen atoms in total. The van der Waals surface area contributed by atoms with E-state index in [0.29, 0.717) is 32.9 Å². The molecule has 2 aromatic carbocycles. The van der Waals surface area contributed by atoms with Crippen LogP contribution in [0.1, 0.15) is 23.0 Å². The summed E-state index contributed by atoms with van der Waals surface area (Å²) in [6.07, 6.45) is 0. The molecule has 0 aliphatic carbocycles. The Morgan fingerprint density at radius 3 is 2.45 bits per heavy atom. The highest BCUT2D eigenvalue weighted by molar-refractivity contribution is 6.36. The number of carbonyl (C=O) groups is 2. The smallest absolute Gasteiger partial charge is 0.221 e. The third-order valence-corrected chi connectivity index (χ3v) is 3.66. The highest BCUT2D eigenvalue weighted by Crippen LogP contribution is 2.33. The first-order valence-electron chi connectivity index (χ1n) is 6.75. The standard InChI is InChI=1S/C17H13ClN2O2/c1-10(21)19-15-12-8-5-9-13(18)14(12)20-16(15)17(22)11-6-3-2-4-7-11/h2-9,20H,1H3,(H,19,21). The number of benzene rings is 2. The number of aromatic amines is 1. The lowest BCUT2D eigenvalue weighted by atomic mass is 10.1. The lowest BCUT2D eigenvalue weighted by Gasteiger charge is -2.04. The van der Waals surface area contributed by atoms with Crippen LogP contribution in [0.4, 0.5) is 5.69 Å². The zero-order valence-corrected chi connectivity index (χ0v) is 12.6. The van der Waals surface area contributed by atoms with Crippen LogP contribution in [0.5, 0.6) is 0 Å². The maximum atomic E-state index is 12.7. The van der Waals surface area contributed by atoms with Crippen molar-refractivity contribution in [3.05, 3.63) is 64.8 Å². The lowest BCUT2D eigenvalue weighted by Crippen LogP contribution is -2.11. The Hall–Kier alpha value is -2.59. The van der Waals surface area contributed by atoms with Crippen LogP contribution < -0.4 is 5.32 Å². The maximum Gasteiger partial charge on any atom is 0.221 e. The van der Waals surface area contributed by atoms with Crippen LogP contribution in [0.25, 0.3) is 10.9 Å². The van der Waals surface area contributed by atoms with Gasteiger partial charge >= 0.3 is 0 Å². The minimum Gasteiger partial charge on any atom is -0.349 e. The van der Waals surface area contributed by atoms with Crippen molar-refractivity contribution >= 4 is 39.9 Å². The molecule has 1 heterocycles. The average Bonchev–Trinajstić information content (AvgIpc) is 2.87. The van der Waals surface area contributed by atoms with E-state index in [1.54, 1.807) is 36.4 Å². The molecule has 1 aromatic heterocycles. The molecule has 3 aromatic rings. The average molecular weight is 313 g/mol. The van der Waals surface area contributed by atoms with Crippen LogP contribution in [0, 0.1) is 0 Å². The summed E-state index contributed by atoms with van der Waals surface area (Å²) in [6, 6.07) is 14.2. The van der Waals surface area contributed by atoms with Crippen molar-refractivity contribution in [3.8, 4) is 0 Å². The summed E-state index contributed by atoms with van der Waals surface area (Å²) in [7, 11) is 0. The van der Waals surface area contributed by atoms with Crippen LogP contribution in [0.2, 0.25) is 5.02 Å². The van der Waals surface area contributed by atoms with Crippen LogP contribution in [-0.2, 0) is 4.79 Å². The number of anilines is 1. The SMILES string of the molecule is CC(=O)Nc1c(C(=O)c2ccccc2)[nH]c2c(Cl)cccc12. The molecule has 0 radical (unpaired) electrons. The van der Waals surface area contributed by atoms with E-state index in [1.807, 2.05) is 12.1 Å². The van der Waals surface area contributed by atoms with Gasteiger partial charge in [0.2, 0.25) is 11.7 Å². The van der Waals surface area contributed by atoms with Crippen molar-refractivity contribution in [2.75, 3.05) is 5.32 Å². The minimum absolute atomic E-state index is 0.198. The highest BCUT2D eigenvalue weighted by atomic mass is 35.5. The van der Waals surface area contributed by atoms with Crippen molar-refractivity contribution in [2.24, 2.45) is 0 Å². The van der Waals surface area contributed by atoms with Gasteiger partial charge in [0.05, 0.1) is 16.2 Å². The first kappa shape index (κ1) is 14.4. The Labute approximate surface area is 132 Å². The Kier molecular flexibility index (Phi) is 3.69. The fraction of sp³-hybridized carbons (Fsp3) is 0.0588. The quantitative estimate of drug-likeness (QED) is 0.718. The van der Waals surface area contributed by atoms with Gasteiger partial charge in [0.25, 0.3) is 0 Å². The third-order valence-electron chi connectivity index (χ3n) is 3.35. The number of amides is 1. The van der Waals surface area contributed by atoms with Crippen molar-refractivity contribution in [1.29, 1.82) is 0 Å². The van der Waals surface area contributed by atoms with Crippen molar-refractivity contribution in [1.82, 2.24) is 4.98 Å². The van der Waals surface area contributed by atoms with Crippen molar-refractivity contribution < 1.29 is 9.59 Å². The summed E-state index contributed by atoms with van der Waals surface area (Å²) in [4.78, 5) is 27.2. The number of hydrogen-bond donors (Lipinski definition) is 2. The van der Waals surface area contributed by atoms with E-state index in [-0.39, 0.29) is 11.7 Å². The molecule has 0 saturated carbocycles. The monoisotopic (exact) mass is 312 g/mol. The van der Waals surface area contributed by atoms with E-state index in [2.05, 4.69) is 10.3 Å². The zero-order chi connectivity index (χ0) is 15.7. The van der Waals surface area contributed by atoms with Gasteiger partial charge in [0, 0.05) is 17.9 Å². The number of para-hydroxylation sites is 1. The van der Waals surface area contributed by atoms with Crippen LogP contribution >= 0.6 is 11.6 Å². The second-order valence-corrected chi connectivity index (χ2v) is 5.32. The van der Waals surface area contributed by atoms with E-state index in [9.17, 15) is 9.59 Å². The van der Waals surface area contributed by atoms with Crippen LogP contribution in [-0.4, -0.2) is 16.7 Å². The van der Waals surface area contributed by atoms with Gasteiger partial charge in [0.15, 0.2) is 0 Å². The van der Waals surface area contributed by atoms with Crippen LogP contribution in [0.3, 0.4) is 0 Å². The largest absolute Gasteiger partial charge is 0.349 e. The Morgan fingerprint density at radius 2 is 1.77 bits per heavy atom. The maximum absolute atomic E-state index is 12.7. The molecular weight excluding hydrogens is 300 g/mol. The van der Waals surface area contributed by atoms with Gasteiger partial charge in [0.1, 0.15) is 5.69 Å². The normalized spacial score (nSPS) is 10.6. The molecule has 0 saturated heterocycles. The summed E-state index contributed by atoms with van der Waals surface area (Å²) in [5.41, 5.74) is 1.95. The zero-order valence-electron chi connectivity index (χ0n) is 11.8. The van der Waals surface area contributed by atoms with E-state index in [4.69, 9.17) is 11.6 Å². The molecule has 0 aliphatic rings. The molecular formula is C17H13ClN2O2. The summed E-state index contributed by atoms with van der Waals surface area (Å²) < 4.78 is 0. The van der Waals surface area contributed by atoms with Crippen molar-refractivity contribution in [3.63, 3.8) is 0 Å². The predicted molar refractivity (Wildman–Crippen MR) is 87.5 cm³/mol. The summed E-state index contributed by atoms with van der Waals surface area (Å²) >= 11 is 6.17. The Bertz CT molecular complexity index is 869. The van der Waals surface area contributed by atoms with Gasteiger partial charge in [-0.25, -0.2) is 0 Å². The topological polar surface area (TPSA) is 62.0 Å². The molecule has 2 N–H and O–H groups in total. The minimum atomic E-state index is -0.247. The van der Waals surface area contributed by atoms with Gasteiger partial charge in [-0.05, 0) is 6.07 Å². The van der Waals surface area contributed by atoms with Gasteiger partial charge in [-0.15, -0.1) is 0 Å². The molecule has 0 bridgehead atoms. The second-order valence-electron chi connectivity index (χ2n) is 4.91. The number of carbonyl (C=O) groups excluding carboxylic acids is 2. The Balaban J connectivity index is 2.22. The number of rotatable bonds is 3. The van der Waals surface area contributed by atoms with Crippen LogP contribution in [0.15, 0.2) is 48.5 Å². The number of hydrogen-bond acceptors (Lipinski definition) is 2. The molecule has 0 spiro atoms. The molecule has 0 unspecified atom stereocenters. The predicted octanol–water partition coefficient (Wildman–Crippen LogP) is 4.01. The van der Waals surface area contributed by atoms with Gasteiger partial charge in [-0.1, -0.05) is 54.1 Å². The highest BCUT2D eigenvalue weighted by Gasteiger charge is 2.20. The van der Waals surface area contributed by atoms with E-state index in [1.165, 1.54) is 6.92 Å². The number of fused-ring (bicyclic) bond motifs is 1. The molecule has 1 amide bonds. The third kappa shape index (κ3) is 2.49. The fourth-order valence-electron chi connectivity index (χ4n) is 2.39. The number of ketones is 1. The van der Waals surface area contributed by atoms with Gasteiger partial charge in [-0.3, -0.25) is 9.59 Å². The first-order valence-corrected chi connectivity index (χ1v) is 7.13. The first-order chi connectivity index (χ1) is 10.6. The molecule has 3 rings (SSSR count). The molecule has 5 heteroatoms. The van der Waals surface area contributed by atoms with Crippen molar-refractivity contribution in [2.45, 2.75) is 6.92 Å². The lowest BCUT2D eigenvalue weighted by molar-refractivity contribution is -0.114. The molecule has 0 aliphatic heterocycles. The molecule has 0 fully saturated rings. The number of nitrogens with one attached hydrogen (secondary N) is 2. The summed E-state index contributed by atoms with van der Waals surface area (Å²) in [6.45, 7) is 1.40. The number of halogens is 1. The summed E-state index contributed by atoms with van der Waals surface area (Å²) in [5, 5.41) is 3.93. The second kappa shape index (κ2) is 5.66. The summed E-state index contributed by atoms with van der Waals surface area (Å²) in [5.74, 6) is -0.445. The molecule has 110 valence electrons. The van der Waals surface area contributed by atoms with E-state index >= 15 is 0 Å². The Morgan fingerprint density at radius 1 is 1.05 bits per heavy atom. The fourth-order valence-corrected chi connectivity index (χ4v) is 2.61.